The van der Waals surface area contributed by atoms with Crippen LogP contribution in [0, 0.1) is 6.92 Å². The van der Waals surface area contributed by atoms with E-state index in [1.807, 2.05) is 0 Å². The Kier molecular flexibility index (Phi) is 6.24. The molecule has 1 atom stereocenters. The van der Waals surface area contributed by atoms with Gasteiger partial charge in [-0.3, -0.25) is 4.79 Å². The molecule has 0 spiro atoms. The summed E-state index contributed by atoms with van der Waals surface area (Å²) in [4.78, 5) is 12.9. The van der Waals surface area contributed by atoms with Gasteiger partial charge in [0.1, 0.15) is 0 Å². The number of carbonyl (C=O) groups is 1. The minimum absolute atomic E-state index is 0.184. The number of aryl methyl sites for hydroxylation is 1. The number of nitrogens with one attached hydrogen (secondary N) is 1. The molecule has 12 heteroatoms. The Morgan fingerprint density at radius 1 is 1.29 bits per heavy atom. The molecule has 1 unspecified atom stereocenters. The number of sulfonamides is 1. The van der Waals surface area contributed by atoms with Crippen molar-refractivity contribution < 1.29 is 17.9 Å². The van der Waals surface area contributed by atoms with Crippen molar-refractivity contribution in [2.75, 3.05) is 37.5 Å². The van der Waals surface area contributed by atoms with Crippen molar-refractivity contribution in [2.45, 2.75) is 47.9 Å². The van der Waals surface area contributed by atoms with Crippen molar-refractivity contribution in [3.8, 4) is 0 Å². The number of anilines is 1. The number of rotatable bonds is 7. The number of nitrogen functional groups attached to an aromatic ring is 1. The molecule has 168 valence electrons. The number of hydrogen-bond acceptors (Lipinski definition) is 8. The number of thioether (sulfide) groups is 1. The predicted molar refractivity (Wildman–Crippen MR) is 117 cm³/mol. The van der Waals surface area contributed by atoms with Crippen LogP contribution in [-0.2, 0) is 19.6 Å². The van der Waals surface area contributed by atoms with Gasteiger partial charge in [-0.15, -0.1) is 10.2 Å². The summed E-state index contributed by atoms with van der Waals surface area (Å²) in [5.41, 5.74) is 1.04. The fourth-order valence-corrected chi connectivity index (χ4v) is 5.76. The first-order chi connectivity index (χ1) is 14.8. The zero-order chi connectivity index (χ0) is 22.2. The smallest absolute Gasteiger partial charge is 0.243 e. The summed E-state index contributed by atoms with van der Waals surface area (Å²) in [5, 5.41) is 11.0. The van der Waals surface area contributed by atoms with E-state index < -0.39 is 15.3 Å². The maximum atomic E-state index is 13.0. The van der Waals surface area contributed by atoms with Gasteiger partial charge in [0.05, 0.1) is 23.4 Å². The van der Waals surface area contributed by atoms with Crippen LogP contribution in [0.3, 0.4) is 0 Å². The van der Waals surface area contributed by atoms with Gasteiger partial charge in [0.25, 0.3) is 0 Å². The molecule has 1 amide bonds. The van der Waals surface area contributed by atoms with Crippen molar-refractivity contribution in [3.63, 3.8) is 0 Å². The molecule has 0 bridgehead atoms. The van der Waals surface area contributed by atoms with E-state index in [4.69, 9.17) is 10.6 Å². The third kappa shape index (κ3) is 4.71. The molecular formula is C19H26N6O4S2. The molecule has 2 aromatic rings. The standard InChI is InChI=1S/C19H26N6O4S2/c1-12-3-6-15(11-16(12)31(27,28)24-7-9-29-10-8-24)21-18(26)13(2)30-19-23-22-17(25(19)20)14-4-5-14/h3,6,11,13-14H,4-5,7-10,20H2,1-2H3,(H,21,26). The van der Waals surface area contributed by atoms with Gasteiger partial charge in [-0.2, -0.15) is 4.31 Å². The van der Waals surface area contributed by atoms with Gasteiger partial charge in [0.15, 0.2) is 5.82 Å². The van der Waals surface area contributed by atoms with Crippen molar-refractivity contribution in [1.29, 1.82) is 0 Å². The third-order valence-corrected chi connectivity index (χ3v) is 8.43. The summed E-state index contributed by atoms with van der Waals surface area (Å²) in [6.07, 6.45) is 2.11. The van der Waals surface area contributed by atoms with Crippen molar-refractivity contribution in [1.82, 2.24) is 19.2 Å². The van der Waals surface area contributed by atoms with E-state index in [0.717, 1.165) is 18.7 Å². The summed E-state index contributed by atoms with van der Waals surface area (Å²) < 4.78 is 34.2. The fourth-order valence-electron chi connectivity index (χ4n) is 3.33. The van der Waals surface area contributed by atoms with Crippen LogP contribution in [0.2, 0.25) is 0 Å². The highest BCUT2D eigenvalue weighted by Crippen LogP contribution is 2.39. The first kappa shape index (κ1) is 22.1. The van der Waals surface area contributed by atoms with E-state index >= 15 is 0 Å². The number of morpholine rings is 1. The minimum Gasteiger partial charge on any atom is -0.379 e. The number of ether oxygens (including phenoxy) is 1. The molecular weight excluding hydrogens is 440 g/mol. The van der Waals surface area contributed by atoms with Crippen LogP contribution in [-0.4, -0.2) is 65.1 Å². The Balaban J connectivity index is 1.46. The molecule has 2 aliphatic rings. The normalized spacial score (nSPS) is 18.6. The Morgan fingerprint density at radius 2 is 2.00 bits per heavy atom. The number of aromatic nitrogens is 3. The van der Waals surface area contributed by atoms with Gasteiger partial charge in [-0.05, 0) is 44.4 Å². The topological polar surface area (TPSA) is 132 Å². The quantitative estimate of drug-likeness (QED) is 0.461. The fraction of sp³-hybridized carbons (Fsp3) is 0.526. The van der Waals surface area contributed by atoms with Crippen LogP contribution in [0.5, 0.6) is 0 Å². The monoisotopic (exact) mass is 466 g/mol. The second-order valence-corrected chi connectivity index (χ2v) is 10.9. The molecule has 2 fully saturated rings. The Labute approximate surface area is 185 Å². The SMILES string of the molecule is Cc1ccc(NC(=O)C(C)Sc2nnc(C3CC3)n2N)cc1S(=O)(=O)N1CCOCC1. The number of amides is 1. The molecule has 3 N–H and O–H groups in total. The Hall–Kier alpha value is -2.15. The average molecular weight is 467 g/mol. The number of benzene rings is 1. The molecule has 2 heterocycles. The molecule has 1 saturated carbocycles. The summed E-state index contributed by atoms with van der Waals surface area (Å²) in [7, 11) is -3.67. The summed E-state index contributed by atoms with van der Waals surface area (Å²) in [6, 6.07) is 4.89. The maximum absolute atomic E-state index is 13.0. The Bertz CT molecular complexity index is 1080. The van der Waals surface area contributed by atoms with Gasteiger partial charge in [-0.1, -0.05) is 17.8 Å². The lowest BCUT2D eigenvalue weighted by Crippen LogP contribution is -2.40. The number of carbonyl (C=O) groups excluding carboxylic acids is 1. The second-order valence-electron chi connectivity index (χ2n) is 7.73. The largest absolute Gasteiger partial charge is 0.379 e. The van der Waals surface area contributed by atoms with Crippen LogP contribution >= 0.6 is 11.8 Å². The van der Waals surface area contributed by atoms with E-state index in [1.54, 1.807) is 26.0 Å². The molecule has 31 heavy (non-hydrogen) atoms. The van der Waals surface area contributed by atoms with E-state index in [-0.39, 0.29) is 10.8 Å². The maximum Gasteiger partial charge on any atom is 0.243 e. The lowest BCUT2D eigenvalue weighted by atomic mass is 10.2. The van der Waals surface area contributed by atoms with Crippen LogP contribution in [0.15, 0.2) is 28.3 Å². The molecule has 1 aliphatic heterocycles. The van der Waals surface area contributed by atoms with E-state index in [0.29, 0.717) is 48.6 Å². The lowest BCUT2D eigenvalue weighted by Gasteiger charge is -2.27. The summed E-state index contributed by atoms with van der Waals surface area (Å²) in [6.45, 7) is 4.85. The molecule has 1 saturated heterocycles. The average Bonchev–Trinajstić information content (AvgIpc) is 3.54. The molecule has 10 nitrogen and oxygen atoms in total. The van der Waals surface area contributed by atoms with Crippen molar-refractivity contribution >= 4 is 33.4 Å². The highest BCUT2D eigenvalue weighted by molar-refractivity contribution is 8.00. The Morgan fingerprint density at radius 3 is 2.68 bits per heavy atom. The minimum atomic E-state index is -3.67. The van der Waals surface area contributed by atoms with Gasteiger partial charge >= 0.3 is 0 Å². The zero-order valence-corrected chi connectivity index (χ0v) is 19.1. The van der Waals surface area contributed by atoms with Crippen LogP contribution in [0.1, 0.15) is 37.1 Å². The van der Waals surface area contributed by atoms with E-state index in [2.05, 4.69) is 15.5 Å². The van der Waals surface area contributed by atoms with Gasteiger partial charge in [-0.25, -0.2) is 13.1 Å². The lowest BCUT2D eigenvalue weighted by molar-refractivity contribution is -0.115. The highest BCUT2D eigenvalue weighted by atomic mass is 32.2. The van der Waals surface area contributed by atoms with Crippen molar-refractivity contribution in [2.24, 2.45) is 0 Å². The van der Waals surface area contributed by atoms with Crippen LogP contribution in [0.25, 0.3) is 0 Å². The number of nitrogens with two attached hydrogens (primary N) is 1. The molecule has 1 aliphatic carbocycles. The predicted octanol–water partition coefficient (Wildman–Crippen LogP) is 1.32. The first-order valence-corrected chi connectivity index (χ1v) is 12.5. The van der Waals surface area contributed by atoms with Gasteiger partial charge < -0.3 is 15.9 Å². The van der Waals surface area contributed by atoms with Crippen LogP contribution < -0.4 is 11.2 Å². The van der Waals surface area contributed by atoms with Crippen LogP contribution in [0.4, 0.5) is 5.69 Å². The van der Waals surface area contributed by atoms with Crippen molar-refractivity contribution in [3.05, 3.63) is 29.6 Å². The van der Waals surface area contributed by atoms with Gasteiger partial charge in [0, 0.05) is 24.7 Å². The summed E-state index contributed by atoms with van der Waals surface area (Å²) in [5.74, 6) is 6.88. The van der Waals surface area contributed by atoms with E-state index in [9.17, 15) is 13.2 Å². The number of hydrogen-bond donors (Lipinski definition) is 2. The third-order valence-electron chi connectivity index (χ3n) is 5.33. The molecule has 1 aromatic heterocycles. The molecule has 4 rings (SSSR count). The molecule has 1 aromatic carbocycles. The second kappa shape index (κ2) is 8.77. The highest BCUT2D eigenvalue weighted by Gasteiger charge is 2.31. The zero-order valence-electron chi connectivity index (χ0n) is 17.4. The first-order valence-electron chi connectivity index (χ1n) is 10.1. The van der Waals surface area contributed by atoms with E-state index in [1.165, 1.54) is 26.8 Å². The number of nitrogens with zero attached hydrogens (tertiary/aromatic N) is 4. The molecule has 0 radical (unpaired) electrons. The summed E-state index contributed by atoms with van der Waals surface area (Å²) >= 11 is 1.21. The van der Waals surface area contributed by atoms with Gasteiger partial charge in [0.2, 0.25) is 21.1 Å².